The summed E-state index contributed by atoms with van der Waals surface area (Å²) in [4.78, 5) is 28.2. The van der Waals surface area contributed by atoms with Crippen molar-refractivity contribution in [2.24, 2.45) is 0 Å². The van der Waals surface area contributed by atoms with Crippen molar-refractivity contribution in [2.45, 2.75) is 13.0 Å². The third-order valence-corrected chi connectivity index (χ3v) is 5.91. The first-order chi connectivity index (χ1) is 14.5. The molecule has 0 radical (unpaired) electrons. The zero-order valence-electron chi connectivity index (χ0n) is 16.0. The minimum atomic E-state index is -0.791. The maximum absolute atomic E-state index is 13.2. The number of carbonyl (C=O) groups excluding carboxylic acids is 2. The van der Waals surface area contributed by atoms with Gasteiger partial charge in [0.2, 0.25) is 5.78 Å². The van der Waals surface area contributed by atoms with Crippen LogP contribution in [-0.2, 0) is 4.79 Å². The van der Waals surface area contributed by atoms with E-state index in [1.807, 2.05) is 6.92 Å². The van der Waals surface area contributed by atoms with Gasteiger partial charge in [0.1, 0.15) is 5.75 Å². The number of Topliss-reactive ketones (excluding diaryl/α,β-unsaturated/α-hetero) is 1. The number of hydrogen-bond donors (Lipinski definition) is 1. The third-order valence-electron chi connectivity index (χ3n) is 4.79. The van der Waals surface area contributed by atoms with Crippen molar-refractivity contribution in [2.75, 3.05) is 11.5 Å². The van der Waals surface area contributed by atoms with Crippen molar-refractivity contribution in [1.29, 1.82) is 0 Å². The van der Waals surface area contributed by atoms with Gasteiger partial charge in [0.15, 0.2) is 5.76 Å². The van der Waals surface area contributed by atoms with Gasteiger partial charge in [0, 0.05) is 16.8 Å². The fourth-order valence-electron chi connectivity index (χ4n) is 3.49. The Bertz CT molecular complexity index is 1120. The van der Waals surface area contributed by atoms with Crippen LogP contribution >= 0.6 is 22.9 Å². The van der Waals surface area contributed by atoms with Gasteiger partial charge < -0.3 is 9.84 Å². The number of amides is 1. The van der Waals surface area contributed by atoms with Crippen molar-refractivity contribution in [3.8, 4) is 5.75 Å². The fraction of sp³-hybridized carbons (Fsp3) is 0.130. The normalized spacial score (nSPS) is 16.3. The molecular formula is C23H18ClNO4S. The van der Waals surface area contributed by atoms with Gasteiger partial charge in [-0.3, -0.25) is 14.5 Å². The monoisotopic (exact) mass is 439 g/mol. The molecule has 0 aliphatic carbocycles. The Hall–Kier alpha value is -3.09. The van der Waals surface area contributed by atoms with Gasteiger partial charge in [0.05, 0.1) is 23.1 Å². The molecule has 1 amide bonds. The Labute approximate surface area is 182 Å². The first-order valence-electron chi connectivity index (χ1n) is 9.34. The highest BCUT2D eigenvalue weighted by Gasteiger charge is 2.44. The van der Waals surface area contributed by atoms with E-state index in [1.54, 1.807) is 66.0 Å². The van der Waals surface area contributed by atoms with Gasteiger partial charge >= 0.3 is 0 Å². The average Bonchev–Trinajstić information content (AvgIpc) is 3.36. The number of ketones is 1. The number of rotatable bonds is 6. The lowest BCUT2D eigenvalue weighted by Gasteiger charge is -2.27. The molecule has 0 bridgehead atoms. The Kier molecular flexibility index (Phi) is 5.61. The van der Waals surface area contributed by atoms with Gasteiger partial charge in [-0.05, 0) is 48.2 Å². The summed E-state index contributed by atoms with van der Waals surface area (Å²) in [6, 6.07) is 16.5. The number of carbonyl (C=O) groups is 2. The number of halogens is 1. The molecule has 1 N–H and O–H groups in total. The molecule has 1 aromatic heterocycles. The van der Waals surface area contributed by atoms with Crippen LogP contribution in [-0.4, -0.2) is 23.4 Å². The van der Waals surface area contributed by atoms with Gasteiger partial charge in [-0.1, -0.05) is 35.9 Å². The highest BCUT2D eigenvalue weighted by molar-refractivity contribution is 7.12. The maximum atomic E-state index is 13.2. The van der Waals surface area contributed by atoms with Gasteiger partial charge in [-0.15, -0.1) is 11.3 Å². The van der Waals surface area contributed by atoms with Crippen molar-refractivity contribution in [1.82, 2.24) is 0 Å². The number of anilines is 1. The van der Waals surface area contributed by atoms with E-state index in [2.05, 4.69) is 0 Å². The Morgan fingerprint density at radius 1 is 1.17 bits per heavy atom. The SMILES string of the molecule is CCOc1cccc(N2C(=O)C(O)=C(C(=O)c3cccs3)C2c2ccc(Cl)cc2)c1. The van der Waals surface area contributed by atoms with E-state index in [4.69, 9.17) is 16.3 Å². The summed E-state index contributed by atoms with van der Waals surface area (Å²) in [7, 11) is 0. The molecular weight excluding hydrogens is 422 g/mol. The zero-order valence-corrected chi connectivity index (χ0v) is 17.6. The average molecular weight is 440 g/mol. The van der Waals surface area contributed by atoms with Crippen LogP contribution in [0.3, 0.4) is 0 Å². The molecule has 1 aliphatic heterocycles. The summed E-state index contributed by atoms with van der Waals surface area (Å²) in [5, 5.41) is 13.0. The van der Waals surface area contributed by atoms with E-state index < -0.39 is 17.7 Å². The van der Waals surface area contributed by atoms with E-state index in [0.29, 0.717) is 33.5 Å². The number of ether oxygens (including phenoxy) is 1. The minimum absolute atomic E-state index is 0.0478. The molecule has 1 atom stereocenters. The van der Waals surface area contributed by atoms with E-state index in [1.165, 1.54) is 16.2 Å². The van der Waals surface area contributed by atoms with Crippen LogP contribution in [0.25, 0.3) is 0 Å². The van der Waals surface area contributed by atoms with Crippen LogP contribution < -0.4 is 9.64 Å². The van der Waals surface area contributed by atoms with Crippen molar-refractivity contribution in [3.63, 3.8) is 0 Å². The van der Waals surface area contributed by atoms with E-state index in [9.17, 15) is 14.7 Å². The second-order valence-electron chi connectivity index (χ2n) is 6.63. The van der Waals surface area contributed by atoms with Crippen molar-refractivity contribution < 1.29 is 19.4 Å². The highest BCUT2D eigenvalue weighted by atomic mass is 35.5. The topological polar surface area (TPSA) is 66.8 Å². The molecule has 152 valence electrons. The van der Waals surface area contributed by atoms with Crippen molar-refractivity contribution >= 4 is 40.3 Å². The second kappa shape index (κ2) is 8.34. The third kappa shape index (κ3) is 3.60. The van der Waals surface area contributed by atoms with E-state index in [0.717, 1.165) is 0 Å². The first kappa shape index (κ1) is 20.2. The molecule has 5 nitrogen and oxygen atoms in total. The maximum Gasteiger partial charge on any atom is 0.294 e. The lowest BCUT2D eigenvalue weighted by molar-refractivity contribution is -0.117. The smallest absolute Gasteiger partial charge is 0.294 e. The predicted octanol–water partition coefficient (Wildman–Crippen LogP) is 5.58. The molecule has 7 heteroatoms. The molecule has 0 spiro atoms. The van der Waals surface area contributed by atoms with Crippen molar-refractivity contribution in [3.05, 3.63) is 92.8 Å². The molecule has 3 aromatic rings. The molecule has 2 aromatic carbocycles. The number of benzene rings is 2. The van der Waals surface area contributed by atoms with Crippen LogP contribution in [0, 0.1) is 0 Å². The predicted molar refractivity (Wildman–Crippen MR) is 118 cm³/mol. The second-order valence-corrected chi connectivity index (χ2v) is 8.01. The summed E-state index contributed by atoms with van der Waals surface area (Å²) in [6.07, 6.45) is 0. The Balaban J connectivity index is 1.86. The van der Waals surface area contributed by atoms with Gasteiger partial charge in [-0.2, -0.15) is 0 Å². The van der Waals surface area contributed by atoms with Gasteiger partial charge in [0.25, 0.3) is 5.91 Å². The van der Waals surface area contributed by atoms with Gasteiger partial charge in [-0.25, -0.2) is 0 Å². The summed E-state index contributed by atoms with van der Waals surface area (Å²) in [5.41, 5.74) is 1.23. The molecule has 1 aliphatic rings. The molecule has 0 saturated heterocycles. The van der Waals surface area contributed by atoms with Crippen LogP contribution in [0.5, 0.6) is 5.75 Å². The fourth-order valence-corrected chi connectivity index (χ4v) is 4.30. The Morgan fingerprint density at radius 3 is 2.60 bits per heavy atom. The van der Waals surface area contributed by atoms with Crippen LogP contribution in [0.4, 0.5) is 5.69 Å². The number of aliphatic hydroxyl groups is 1. The largest absolute Gasteiger partial charge is 0.503 e. The molecule has 0 saturated carbocycles. The molecule has 4 rings (SSSR count). The molecule has 30 heavy (non-hydrogen) atoms. The summed E-state index contributed by atoms with van der Waals surface area (Å²) in [5.74, 6) is -0.965. The number of aliphatic hydroxyl groups excluding tert-OH is 1. The zero-order chi connectivity index (χ0) is 21.3. The first-order valence-corrected chi connectivity index (χ1v) is 10.6. The van der Waals surface area contributed by atoms with Crippen LogP contribution in [0.2, 0.25) is 5.02 Å². The van der Waals surface area contributed by atoms with E-state index >= 15 is 0 Å². The molecule has 0 fully saturated rings. The lowest BCUT2D eigenvalue weighted by atomic mass is 9.95. The summed E-state index contributed by atoms with van der Waals surface area (Å²) < 4.78 is 5.56. The number of thiophene rings is 1. The number of nitrogens with zero attached hydrogens (tertiary/aromatic N) is 1. The quantitative estimate of drug-likeness (QED) is 0.509. The highest BCUT2D eigenvalue weighted by Crippen LogP contribution is 2.43. The Morgan fingerprint density at radius 2 is 1.93 bits per heavy atom. The number of hydrogen-bond acceptors (Lipinski definition) is 5. The van der Waals surface area contributed by atoms with Crippen LogP contribution in [0.15, 0.2) is 77.4 Å². The molecule has 1 unspecified atom stereocenters. The van der Waals surface area contributed by atoms with E-state index in [-0.39, 0.29) is 11.4 Å². The minimum Gasteiger partial charge on any atom is -0.503 e. The standard InChI is InChI=1S/C23H18ClNO4S/c1-2-29-17-6-3-5-16(13-17)25-20(14-8-10-15(24)11-9-14)19(22(27)23(25)28)21(26)18-7-4-12-30-18/h3-13,20,27H,2H2,1H3. The summed E-state index contributed by atoms with van der Waals surface area (Å²) in [6.45, 7) is 2.35. The van der Waals surface area contributed by atoms with Crippen LogP contribution in [0.1, 0.15) is 28.2 Å². The molecule has 2 heterocycles. The summed E-state index contributed by atoms with van der Waals surface area (Å²) >= 11 is 7.30. The lowest BCUT2D eigenvalue weighted by Crippen LogP contribution is -2.31.